The molecule has 1 aliphatic rings. The van der Waals surface area contributed by atoms with Gasteiger partial charge in [-0.25, -0.2) is 0 Å². The molecule has 1 aromatic heterocycles. The van der Waals surface area contributed by atoms with E-state index in [4.69, 9.17) is 4.42 Å². The van der Waals surface area contributed by atoms with Gasteiger partial charge in [0.05, 0.1) is 0 Å². The molecule has 0 aromatic carbocycles. The van der Waals surface area contributed by atoms with Gasteiger partial charge in [0.25, 0.3) is 5.89 Å². The van der Waals surface area contributed by atoms with E-state index in [2.05, 4.69) is 17.1 Å². The molecular weight excluding hydrogens is 156 g/mol. The number of nitrogens with zero attached hydrogens (tertiary/aromatic N) is 2. The summed E-state index contributed by atoms with van der Waals surface area (Å²) in [4.78, 5) is 10.3. The van der Waals surface area contributed by atoms with E-state index in [1.54, 1.807) is 0 Å². The Hall–Kier alpha value is -1.19. The third-order valence-corrected chi connectivity index (χ3v) is 2.51. The molecule has 1 fully saturated rings. The molecule has 1 heterocycles. The van der Waals surface area contributed by atoms with Crippen LogP contribution in [0.5, 0.6) is 0 Å². The summed E-state index contributed by atoms with van der Waals surface area (Å²) in [5.74, 6) is 0.689. The second kappa shape index (κ2) is 2.40. The number of carbonyl (C=O) groups is 1. The van der Waals surface area contributed by atoms with Gasteiger partial charge in [0.2, 0.25) is 12.2 Å². The van der Waals surface area contributed by atoms with Crippen molar-refractivity contribution < 1.29 is 9.21 Å². The highest BCUT2D eigenvalue weighted by Gasteiger charge is 2.38. The predicted molar refractivity (Wildman–Crippen MR) is 40.9 cm³/mol. The smallest absolute Gasteiger partial charge is 0.280 e. The van der Waals surface area contributed by atoms with E-state index in [0.29, 0.717) is 12.2 Å². The summed E-state index contributed by atoms with van der Waals surface area (Å²) in [5, 5.41) is 7.43. The molecule has 1 saturated carbocycles. The van der Waals surface area contributed by atoms with E-state index in [-0.39, 0.29) is 11.3 Å². The van der Waals surface area contributed by atoms with Crippen LogP contribution in [0.2, 0.25) is 0 Å². The van der Waals surface area contributed by atoms with E-state index in [9.17, 15) is 4.79 Å². The number of hydrogen-bond donors (Lipinski definition) is 0. The van der Waals surface area contributed by atoms with Gasteiger partial charge in [-0.3, -0.25) is 4.79 Å². The predicted octanol–water partition coefficient (Wildman–Crippen LogP) is 1.32. The van der Waals surface area contributed by atoms with Crippen molar-refractivity contribution in [2.75, 3.05) is 0 Å². The third kappa shape index (κ3) is 0.948. The van der Waals surface area contributed by atoms with Crippen LogP contribution in [0.3, 0.4) is 0 Å². The normalized spacial score (nSPS) is 20.1. The first-order valence-electron chi connectivity index (χ1n) is 4.04. The van der Waals surface area contributed by atoms with Gasteiger partial charge in [-0.15, -0.1) is 10.2 Å². The molecule has 0 atom stereocenters. The standard InChI is InChI=1S/C8H10N2O2/c1-8(3-2-4-8)7-10-9-6(5-11)12-7/h5H,2-4H2,1H3. The second-order valence-electron chi connectivity index (χ2n) is 3.48. The van der Waals surface area contributed by atoms with Crippen LogP contribution in [0.1, 0.15) is 42.8 Å². The summed E-state index contributed by atoms with van der Waals surface area (Å²) in [5.41, 5.74) is 0.0360. The zero-order chi connectivity index (χ0) is 8.60. The SMILES string of the molecule is CC1(c2nnc(C=O)o2)CCC1. The van der Waals surface area contributed by atoms with Crippen LogP contribution in [0, 0.1) is 0 Å². The molecule has 1 aliphatic carbocycles. The Morgan fingerprint density at radius 1 is 1.50 bits per heavy atom. The Morgan fingerprint density at radius 3 is 2.67 bits per heavy atom. The van der Waals surface area contributed by atoms with Gasteiger partial charge in [0.1, 0.15) is 0 Å². The van der Waals surface area contributed by atoms with Crippen molar-refractivity contribution in [2.24, 2.45) is 0 Å². The van der Waals surface area contributed by atoms with Gasteiger partial charge in [-0.1, -0.05) is 13.3 Å². The van der Waals surface area contributed by atoms with Gasteiger partial charge in [-0.2, -0.15) is 0 Å². The highest BCUT2D eigenvalue weighted by Crippen LogP contribution is 2.42. The van der Waals surface area contributed by atoms with Gasteiger partial charge >= 0.3 is 0 Å². The van der Waals surface area contributed by atoms with E-state index < -0.39 is 0 Å². The Labute approximate surface area is 70.0 Å². The summed E-state index contributed by atoms with van der Waals surface area (Å²) in [6, 6.07) is 0. The Balaban J connectivity index is 2.27. The lowest BCUT2D eigenvalue weighted by atomic mass is 9.70. The average molecular weight is 166 g/mol. The minimum atomic E-state index is 0.0360. The van der Waals surface area contributed by atoms with Crippen LogP contribution in [0.25, 0.3) is 0 Å². The Bertz CT molecular complexity index is 302. The monoisotopic (exact) mass is 166 g/mol. The van der Waals surface area contributed by atoms with E-state index in [1.165, 1.54) is 6.42 Å². The molecule has 0 spiro atoms. The van der Waals surface area contributed by atoms with Crippen molar-refractivity contribution in [3.63, 3.8) is 0 Å². The number of aldehydes is 1. The molecule has 0 saturated heterocycles. The highest BCUT2D eigenvalue weighted by atomic mass is 16.4. The fourth-order valence-corrected chi connectivity index (χ4v) is 1.45. The molecular formula is C8H10N2O2. The summed E-state index contributed by atoms with van der Waals surface area (Å²) in [6.45, 7) is 2.08. The number of rotatable bonds is 2. The lowest BCUT2D eigenvalue weighted by Gasteiger charge is -2.34. The van der Waals surface area contributed by atoms with Crippen molar-refractivity contribution in [1.82, 2.24) is 10.2 Å². The van der Waals surface area contributed by atoms with Crippen molar-refractivity contribution >= 4 is 6.29 Å². The Kier molecular flexibility index (Phi) is 1.49. The molecule has 4 nitrogen and oxygen atoms in total. The van der Waals surface area contributed by atoms with Crippen molar-refractivity contribution in [3.05, 3.63) is 11.8 Å². The molecule has 4 heteroatoms. The largest absolute Gasteiger partial charge is 0.418 e. The maximum Gasteiger partial charge on any atom is 0.280 e. The van der Waals surface area contributed by atoms with E-state index in [0.717, 1.165) is 12.8 Å². The van der Waals surface area contributed by atoms with Crippen LogP contribution in [0.15, 0.2) is 4.42 Å². The lowest BCUT2D eigenvalue weighted by molar-refractivity contribution is 0.108. The van der Waals surface area contributed by atoms with Gasteiger partial charge in [-0.05, 0) is 12.8 Å². The fraction of sp³-hybridized carbons (Fsp3) is 0.625. The molecule has 0 amide bonds. The first-order valence-corrected chi connectivity index (χ1v) is 4.04. The maximum absolute atomic E-state index is 10.3. The minimum absolute atomic E-state index is 0.0360. The Morgan fingerprint density at radius 2 is 2.25 bits per heavy atom. The van der Waals surface area contributed by atoms with Crippen LogP contribution in [-0.4, -0.2) is 16.5 Å². The summed E-state index contributed by atoms with van der Waals surface area (Å²) in [7, 11) is 0. The number of aromatic nitrogens is 2. The van der Waals surface area contributed by atoms with Gasteiger partial charge < -0.3 is 4.42 Å². The van der Waals surface area contributed by atoms with Crippen molar-refractivity contribution in [1.29, 1.82) is 0 Å². The molecule has 0 unspecified atom stereocenters. The van der Waals surface area contributed by atoms with Gasteiger partial charge in [0, 0.05) is 5.41 Å². The zero-order valence-corrected chi connectivity index (χ0v) is 6.91. The average Bonchev–Trinajstić information content (AvgIpc) is 2.48. The van der Waals surface area contributed by atoms with Crippen LogP contribution >= 0.6 is 0 Å². The lowest BCUT2D eigenvalue weighted by Crippen LogP contribution is -2.30. The molecule has 12 heavy (non-hydrogen) atoms. The van der Waals surface area contributed by atoms with Crippen LogP contribution in [-0.2, 0) is 5.41 Å². The molecule has 0 bridgehead atoms. The summed E-state index contributed by atoms with van der Waals surface area (Å²) in [6.07, 6.45) is 3.94. The first kappa shape index (κ1) is 7.46. The maximum atomic E-state index is 10.3. The number of hydrogen-bond acceptors (Lipinski definition) is 4. The second-order valence-corrected chi connectivity index (χ2v) is 3.48. The minimum Gasteiger partial charge on any atom is -0.418 e. The highest BCUT2D eigenvalue weighted by molar-refractivity contribution is 5.66. The molecule has 0 aliphatic heterocycles. The zero-order valence-electron chi connectivity index (χ0n) is 6.91. The van der Waals surface area contributed by atoms with Crippen molar-refractivity contribution in [3.8, 4) is 0 Å². The molecule has 0 N–H and O–H groups in total. The van der Waals surface area contributed by atoms with E-state index >= 15 is 0 Å². The quantitative estimate of drug-likeness (QED) is 0.622. The summed E-state index contributed by atoms with van der Waals surface area (Å²) < 4.78 is 5.15. The summed E-state index contributed by atoms with van der Waals surface area (Å²) >= 11 is 0. The fourth-order valence-electron chi connectivity index (χ4n) is 1.45. The molecule has 1 aromatic rings. The van der Waals surface area contributed by atoms with Crippen LogP contribution < -0.4 is 0 Å². The third-order valence-electron chi connectivity index (χ3n) is 2.51. The van der Waals surface area contributed by atoms with Crippen LogP contribution in [0.4, 0.5) is 0 Å². The van der Waals surface area contributed by atoms with Gasteiger partial charge in [0.15, 0.2) is 0 Å². The molecule has 2 rings (SSSR count). The molecule has 64 valence electrons. The first-order chi connectivity index (χ1) is 5.74. The van der Waals surface area contributed by atoms with Crippen molar-refractivity contribution in [2.45, 2.75) is 31.6 Å². The van der Waals surface area contributed by atoms with E-state index in [1.807, 2.05) is 0 Å². The topological polar surface area (TPSA) is 56.0 Å². The number of carbonyl (C=O) groups excluding carboxylic acids is 1. The molecule has 0 radical (unpaired) electrons.